The van der Waals surface area contributed by atoms with Crippen LogP contribution in [0, 0.1) is 5.92 Å². The van der Waals surface area contributed by atoms with Crippen LogP contribution in [-0.2, 0) is 0 Å². The van der Waals surface area contributed by atoms with Crippen molar-refractivity contribution in [3.63, 3.8) is 0 Å². The minimum absolute atomic E-state index is 0.774. The molecule has 1 aromatic heterocycles. The number of nitrogens with one attached hydrogen (secondary N) is 1. The lowest BCUT2D eigenvalue weighted by atomic mass is 9.94. The van der Waals surface area contributed by atoms with Crippen LogP contribution in [0.1, 0.15) is 19.3 Å². The summed E-state index contributed by atoms with van der Waals surface area (Å²) in [5.74, 6) is 0.774. The van der Waals surface area contributed by atoms with E-state index in [1.807, 2.05) is 16.9 Å². The Bertz CT molecular complexity index is 526. The highest BCUT2D eigenvalue weighted by atomic mass is 15.3. The van der Waals surface area contributed by atoms with Crippen molar-refractivity contribution >= 4 is 5.69 Å². The molecule has 1 unspecified atom stereocenters. The molecule has 3 nitrogen and oxygen atoms in total. The second kappa shape index (κ2) is 5.74. The maximum atomic E-state index is 4.22. The Kier molecular flexibility index (Phi) is 3.63. The van der Waals surface area contributed by atoms with E-state index in [2.05, 4.69) is 46.8 Å². The molecule has 3 heteroatoms. The summed E-state index contributed by atoms with van der Waals surface area (Å²) in [5, 5.41) is 7.75. The van der Waals surface area contributed by atoms with E-state index in [0.29, 0.717) is 0 Å². The molecule has 1 heterocycles. The van der Waals surface area contributed by atoms with Crippen molar-refractivity contribution in [2.45, 2.75) is 19.3 Å². The van der Waals surface area contributed by atoms with Gasteiger partial charge >= 0.3 is 0 Å². The van der Waals surface area contributed by atoms with Crippen molar-refractivity contribution in [1.29, 1.82) is 0 Å². The summed E-state index contributed by atoms with van der Waals surface area (Å²) in [6.07, 6.45) is 12.1. The van der Waals surface area contributed by atoms with E-state index in [4.69, 9.17) is 0 Å². The first-order valence-corrected chi connectivity index (χ1v) is 6.91. The Morgan fingerprint density at radius 1 is 1.21 bits per heavy atom. The summed E-state index contributed by atoms with van der Waals surface area (Å²) in [6, 6.07) is 10.4. The van der Waals surface area contributed by atoms with E-state index in [1.165, 1.54) is 24.9 Å². The van der Waals surface area contributed by atoms with E-state index in [-0.39, 0.29) is 0 Å². The van der Waals surface area contributed by atoms with Gasteiger partial charge in [-0.1, -0.05) is 12.2 Å². The van der Waals surface area contributed by atoms with Gasteiger partial charge in [-0.25, -0.2) is 4.68 Å². The van der Waals surface area contributed by atoms with Crippen LogP contribution in [0.4, 0.5) is 5.69 Å². The van der Waals surface area contributed by atoms with Crippen LogP contribution in [0.5, 0.6) is 0 Å². The predicted octanol–water partition coefficient (Wildman–Crippen LogP) is 3.64. The Morgan fingerprint density at radius 3 is 2.79 bits per heavy atom. The third-order valence-corrected chi connectivity index (χ3v) is 3.61. The van der Waals surface area contributed by atoms with Crippen molar-refractivity contribution in [3.8, 4) is 5.69 Å². The highest BCUT2D eigenvalue weighted by molar-refractivity contribution is 5.48. The largest absolute Gasteiger partial charge is 0.385 e. The molecule has 1 aliphatic rings. The highest BCUT2D eigenvalue weighted by Crippen LogP contribution is 2.19. The molecule has 2 aromatic rings. The Labute approximate surface area is 114 Å². The number of hydrogen-bond donors (Lipinski definition) is 1. The molecule has 98 valence electrons. The molecule has 0 fully saturated rings. The van der Waals surface area contributed by atoms with E-state index in [9.17, 15) is 0 Å². The van der Waals surface area contributed by atoms with Gasteiger partial charge in [0.2, 0.25) is 0 Å². The van der Waals surface area contributed by atoms with Crippen LogP contribution < -0.4 is 5.32 Å². The monoisotopic (exact) mass is 253 g/mol. The number of hydrogen-bond acceptors (Lipinski definition) is 2. The summed E-state index contributed by atoms with van der Waals surface area (Å²) < 4.78 is 1.87. The van der Waals surface area contributed by atoms with Gasteiger partial charge in [0, 0.05) is 24.6 Å². The van der Waals surface area contributed by atoms with E-state index in [1.54, 1.807) is 6.20 Å². The molecule has 1 atom stereocenters. The summed E-state index contributed by atoms with van der Waals surface area (Å²) in [7, 11) is 0. The van der Waals surface area contributed by atoms with Crippen molar-refractivity contribution < 1.29 is 0 Å². The lowest BCUT2D eigenvalue weighted by molar-refractivity contribution is 0.504. The summed E-state index contributed by atoms with van der Waals surface area (Å²) >= 11 is 0. The quantitative estimate of drug-likeness (QED) is 0.843. The lowest BCUT2D eigenvalue weighted by Gasteiger charge is -2.18. The second-order valence-corrected chi connectivity index (χ2v) is 5.03. The van der Waals surface area contributed by atoms with Gasteiger partial charge in [-0.15, -0.1) is 0 Å². The number of allylic oxidation sites excluding steroid dienone is 2. The zero-order chi connectivity index (χ0) is 12.9. The SMILES string of the molecule is C1=CCC(CNc2ccc(-n3cccn3)cc2)CC1. The smallest absolute Gasteiger partial charge is 0.0647 e. The first-order chi connectivity index (χ1) is 9.42. The molecule has 0 spiro atoms. The highest BCUT2D eigenvalue weighted by Gasteiger charge is 2.09. The average Bonchev–Trinajstić information content (AvgIpc) is 3.01. The molecule has 19 heavy (non-hydrogen) atoms. The van der Waals surface area contributed by atoms with Crippen LogP contribution in [-0.4, -0.2) is 16.3 Å². The minimum atomic E-state index is 0.774. The maximum absolute atomic E-state index is 4.22. The lowest BCUT2D eigenvalue weighted by Crippen LogP contribution is -2.15. The maximum Gasteiger partial charge on any atom is 0.0647 e. The molecule has 0 saturated carbocycles. The minimum Gasteiger partial charge on any atom is -0.385 e. The van der Waals surface area contributed by atoms with Crippen molar-refractivity contribution in [2.24, 2.45) is 5.92 Å². The fourth-order valence-electron chi connectivity index (χ4n) is 2.46. The topological polar surface area (TPSA) is 29.9 Å². The molecule has 0 radical (unpaired) electrons. The number of benzene rings is 1. The zero-order valence-corrected chi connectivity index (χ0v) is 11.0. The Balaban J connectivity index is 1.58. The van der Waals surface area contributed by atoms with Gasteiger partial charge in [-0.2, -0.15) is 5.10 Å². The van der Waals surface area contributed by atoms with E-state index >= 15 is 0 Å². The van der Waals surface area contributed by atoms with Gasteiger partial charge in [-0.3, -0.25) is 0 Å². The van der Waals surface area contributed by atoms with Crippen LogP contribution in [0.15, 0.2) is 54.9 Å². The van der Waals surface area contributed by atoms with Crippen molar-refractivity contribution in [2.75, 3.05) is 11.9 Å². The average molecular weight is 253 g/mol. The fourth-order valence-corrected chi connectivity index (χ4v) is 2.46. The molecule has 0 amide bonds. The van der Waals surface area contributed by atoms with Crippen LogP contribution in [0.3, 0.4) is 0 Å². The molecule has 1 aromatic carbocycles. The standard InChI is InChI=1S/C16H19N3/c1-2-5-14(6-3-1)13-17-15-7-9-16(10-8-15)19-12-4-11-18-19/h1-2,4,7-12,14,17H,3,5-6,13H2. The van der Waals surface area contributed by atoms with Gasteiger partial charge in [0.1, 0.15) is 0 Å². The Hall–Kier alpha value is -2.03. The third kappa shape index (κ3) is 3.05. The number of aromatic nitrogens is 2. The first kappa shape index (κ1) is 12.0. The molecule has 3 rings (SSSR count). The summed E-state index contributed by atoms with van der Waals surface area (Å²) in [5.41, 5.74) is 2.28. The molecule has 1 N–H and O–H groups in total. The van der Waals surface area contributed by atoms with Crippen molar-refractivity contribution in [1.82, 2.24) is 9.78 Å². The van der Waals surface area contributed by atoms with Gasteiger partial charge in [0.05, 0.1) is 5.69 Å². The number of anilines is 1. The predicted molar refractivity (Wildman–Crippen MR) is 78.5 cm³/mol. The second-order valence-electron chi connectivity index (χ2n) is 5.03. The number of rotatable bonds is 4. The molecular formula is C16H19N3. The summed E-state index contributed by atoms with van der Waals surface area (Å²) in [4.78, 5) is 0. The summed E-state index contributed by atoms with van der Waals surface area (Å²) in [6.45, 7) is 1.06. The molecule has 1 aliphatic carbocycles. The molecule has 0 aliphatic heterocycles. The van der Waals surface area contributed by atoms with Crippen LogP contribution >= 0.6 is 0 Å². The number of nitrogens with zero attached hydrogens (tertiary/aromatic N) is 2. The van der Waals surface area contributed by atoms with Crippen LogP contribution in [0.2, 0.25) is 0 Å². The van der Waals surface area contributed by atoms with Gasteiger partial charge in [0.15, 0.2) is 0 Å². The van der Waals surface area contributed by atoms with Crippen LogP contribution in [0.25, 0.3) is 5.69 Å². The van der Waals surface area contributed by atoms with E-state index < -0.39 is 0 Å². The molecule has 0 bridgehead atoms. The normalized spacial score (nSPS) is 18.4. The van der Waals surface area contributed by atoms with Gasteiger partial charge < -0.3 is 5.32 Å². The zero-order valence-electron chi connectivity index (χ0n) is 11.0. The third-order valence-electron chi connectivity index (χ3n) is 3.61. The first-order valence-electron chi connectivity index (χ1n) is 6.91. The molecule has 0 saturated heterocycles. The molecular weight excluding hydrogens is 234 g/mol. The van der Waals surface area contributed by atoms with Gasteiger partial charge in [-0.05, 0) is 55.5 Å². The van der Waals surface area contributed by atoms with Gasteiger partial charge in [0.25, 0.3) is 0 Å². The van der Waals surface area contributed by atoms with E-state index in [0.717, 1.165) is 18.2 Å². The Morgan fingerprint density at radius 2 is 2.11 bits per heavy atom. The fraction of sp³-hybridized carbons (Fsp3) is 0.312. The van der Waals surface area contributed by atoms with Crippen molar-refractivity contribution in [3.05, 3.63) is 54.9 Å².